The number of benzene rings is 2. The van der Waals surface area contributed by atoms with Crippen LogP contribution in [-0.4, -0.2) is 0 Å². The summed E-state index contributed by atoms with van der Waals surface area (Å²) in [7, 11) is 0. The van der Waals surface area contributed by atoms with Crippen LogP contribution >= 0.6 is 43.5 Å². The van der Waals surface area contributed by atoms with E-state index < -0.39 is 0 Å². The van der Waals surface area contributed by atoms with Crippen LogP contribution in [0, 0.1) is 0 Å². The highest BCUT2D eigenvalue weighted by atomic mass is 79.9. The summed E-state index contributed by atoms with van der Waals surface area (Å²) < 4.78 is 2.13. The molecule has 0 aliphatic rings. The van der Waals surface area contributed by atoms with Crippen molar-refractivity contribution in [1.82, 2.24) is 5.32 Å². The Morgan fingerprint density at radius 1 is 1.11 bits per heavy atom. The Bertz CT molecular complexity index is 572. The Hall–Kier alpha value is -0.350. The lowest BCUT2D eigenvalue weighted by atomic mass is 10.1. The van der Waals surface area contributed by atoms with E-state index in [9.17, 15) is 0 Å². The zero-order valence-electron chi connectivity index (χ0n) is 10.5. The van der Waals surface area contributed by atoms with E-state index >= 15 is 0 Å². The summed E-state index contributed by atoms with van der Waals surface area (Å²) in [6.45, 7) is 2.92. The van der Waals surface area contributed by atoms with E-state index in [1.807, 2.05) is 24.3 Å². The maximum absolute atomic E-state index is 6.19. The SMILES string of the molecule is C[C@H](NCc1ccc(Br)c(Br)c1)c1ccccc1Cl. The first-order valence-corrected chi connectivity index (χ1v) is 7.96. The second kappa shape index (κ2) is 6.89. The summed E-state index contributed by atoms with van der Waals surface area (Å²) in [5.41, 5.74) is 2.36. The van der Waals surface area contributed by atoms with Crippen molar-refractivity contribution in [3.05, 3.63) is 67.6 Å². The van der Waals surface area contributed by atoms with Gasteiger partial charge in [-0.3, -0.25) is 0 Å². The lowest BCUT2D eigenvalue weighted by Crippen LogP contribution is -2.18. The Balaban J connectivity index is 2.02. The van der Waals surface area contributed by atoms with Gasteiger partial charge in [0.15, 0.2) is 0 Å². The number of rotatable bonds is 4. The number of halogens is 3. The Labute approximate surface area is 135 Å². The standard InChI is InChI=1S/C15H14Br2ClN/c1-10(12-4-2-3-5-15(12)18)19-9-11-6-7-13(16)14(17)8-11/h2-8,10,19H,9H2,1H3/t10-/m0/s1. The van der Waals surface area contributed by atoms with Crippen LogP contribution in [0.2, 0.25) is 5.02 Å². The predicted molar refractivity (Wildman–Crippen MR) is 88.5 cm³/mol. The number of nitrogens with one attached hydrogen (secondary N) is 1. The summed E-state index contributed by atoms with van der Waals surface area (Å²) in [5.74, 6) is 0. The van der Waals surface area contributed by atoms with Gasteiger partial charge in [-0.05, 0) is 68.1 Å². The van der Waals surface area contributed by atoms with Crippen LogP contribution in [0.5, 0.6) is 0 Å². The molecule has 0 heterocycles. The molecule has 2 rings (SSSR count). The minimum Gasteiger partial charge on any atom is -0.306 e. The molecule has 0 saturated carbocycles. The van der Waals surface area contributed by atoms with Gasteiger partial charge in [-0.15, -0.1) is 0 Å². The highest BCUT2D eigenvalue weighted by Gasteiger charge is 2.08. The smallest absolute Gasteiger partial charge is 0.0453 e. The fraction of sp³-hybridized carbons (Fsp3) is 0.200. The van der Waals surface area contributed by atoms with Gasteiger partial charge in [0.2, 0.25) is 0 Å². The molecule has 0 aliphatic heterocycles. The third-order valence-electron chi connectivity index (χ3n) is 2.97. The van der Waals surface area contributed by atoms with Crippen LogP contribution in [0.4, 0.5) is 0 Å². The van der Waals surface area contributed by atoms with E-state index in [0.717, 1.165) is 26.1 Å². The molecule has 0 unspecified atom stereocenters. The first-order chi connectivity index (χ1) is 9.08. The molecule has 0 spiro atoms. The van der Waals surface area contributed by atoms with Crippen LogP contribution in [0.15, 0.2) is 51.4 Å². The van der Waals surface area contributed by atoms with Crippen molar-refractivity contribution in [2.45, 2.75) is 19.5 Å². The summed E-state index contributed by atoms with van der Waals surface area (Å²) in [5, 5.41) is 4.29. The largest absolute Gasteiger partial charge is 0.306 e. The quantitative estimate of drug-likeness (QED) is 0.689. The second-order valence-corrected chi connectivity index (χ2v) is 6.49. The Kier molecular flexibility index (Phi) is 5.46. The molecule has 0 saturated heterocycles. The van der Waals surface area contributed by atoms with E-state index in [-0.39, 0.29) is 6.04 Å². The Morgan fingerprint density at radius 3 is 2.53 bits per heavy atom. The molecule has 4 heteroatoms. The van der Waals surface area contributed by atoms with Crippen LogP contribution in [0.3, 0.4) is 0 Å². The second-order valence-electron chi connectivity index (χ2n) is 4.37. The van der Waals surface area contributed by atoms with Crippen LogP contribution < -0.4 is 5.32 Å². The number of hydrogen-bond donors (Lipinski definition) is 1. The normalized spacial score (nSPS) is 12.4. The third kappa shape index (κ3) is 4.06. The minimum absolute atomic E-state index is 0.219. The fourth-order valence-corrected chi connectivity index (χ4v) is 2.83. The molecule has 1 atom stereocenters. The fourth-order valence-electron chi connectivity index (χ4n) is 1.86. The van der Waals surface area contributed by atoms with Gasteiger partial charge < -0.3 is 5.32 Å². The zero-order chi connectivity index (χ0) is 13.8. The molecule has 1 N–H and O–H groups in total. The monoisotopic (exact) mass is 401 g/mol. The van der Waals surface area contributed by atoms with E-state index in [2.05, 4.69) is 62.3 Å². The molecule has 1 nitrogen and oxygen atoms in total. The molecule has 0 amide bonds. The lowest BCUT2D eigenvalue weighted by molar-refractivity contribution is 0.575. The van der Waals surface area contributed by atoms with Gasteiger partial charge >= 0.3 is 0 Å². The maximum Gasteiger partial charge on any atom is 0.0453 e. The highest BCUT2D eigenvalue weighted by molar-refractivity contribution is 9.13. The van der Waals surface area contributed by atoms with Crippen molar-refractivity contribution in [3.8, 4) is 0 Å². The highest BCUT2D eigenvalue weighted by Crippen LogP contribution is 2.25. The molecule has 100 valence electrons. The lowest BCUT2D eigenvalue weighted by Gasteiger charge is -2.16. The van der Waals surface area contributed by atoms with Gasteiger partial charge in [0.05, 0.1) is 0 Å². The molecule has 19 heavy (non-hydrogen) atoms. The van der Waals surface area contributed by atoms with Gasteiger partial charge in [0.1, 0.15) is 0 Å². The van der Waals surface area contributed by atoms with Crippen molar-refractivity contribution in [3.63, 3.8) is 0 Å². The zero-order valence-corrected chi connectivity index (χ0v) is 14.4. The third-order valence-corrected chi connectivity index (χ3v) is 5.19. The molecule has 2 aromatic carbocycles. The van der Waals surface area contributed by atoms with Crippen LogP contribution in [0.1, 0.15) is 24.1 Å². The first-order valence-electron chi connectivity index (χ1n) is 5.99. The topological polar surface area (TPSA) is 12.0 Å². The van der Waals surface area contributed by atoms with E-state index in [4.69, 9.17) is 11.6 Å². The van der Waals surface area contributed by atoms with Gasteiger partial charge in [-0.1, -0.05) is 35.9 Å². The average Bonchev–Trinajstić information content (AvgIpc) is 2.40. The van der Waals surface area contributed by atoms with Crippen LogP contribution in [-0.2, 0) is 6.54 Å². The van der Waals surface area contributed by atoms with E-state index in [1.165, 1.54) is 5.56 Å². The van der Waals surface area contributed by atoms with Gasteiger partial charge in [0.25, 0.3) is 0 Å². The molecule has 0 bridgehead atoms. The van der Waals surface area contributed by atoms with Crippen molar-refractivity contribution < 1.29 is 0 Å². The van der Waals surface area contributed by atoms with Crippen LogP contribution in [0.25, 0.3) is 0 Å². The molecular formula is C15H14Br2ClN. The molecule has 2 aromatic rings. The van der Waals surface area contributed by atoms with Crippen molar-refractivity contribution in [1.29, 1.82) is 0 Å². The Morgan fingerprint density at radius 2 is 1.84 bits per heavy atom. The predicted octanol–water partition coefficient (Wildman–Crippen LogP) is 5.72. The molecule has 0 radical (unpaired) electrons. The summed E-state index contributed by atoms with van der Waals surface area (Å²) >= 11 is 13.2. The van der Waals surface area contributed by atoms with Crippen molar-refractivity contribution in [2.75, 3.05) is 0 Å². The summed E-state index contributed by atoms with van der Waals surface area (Å²) in [6, 6.07) is 14.4. The first kappa shape index (κ1) is 15.0. The van der Waals surface area contributed by atoms with E-state index in [1.54, 1.807) is 0 Å². The van der Waals surface area contributed by atoms with Crippen molar-refractivity contribution in [2.24, 2.45) is 0 Å². The summed E-state index contributed by atoms with van der Waals surface area (Å²) in [4.78, 5) is 0. The molecular weight excluding hydrogens is 389 g/mol. The van der Waals surface area contributed by atoms with Gasteiger partial charge in [-0.25, -0.2) is 0 Å². The van der Waals surface area contributed by atoms with Gasteiger partial charge in [0, 0.05) is 26.6 Å². The molecule has 0 fully saturated rings. The average molecular weight is 404 g/mol. The number of hydrogen-bond acceptors (Lipinski definition) is 1. The maximum atomic E-state index is 6.19. The molecule has 0 aliphatic carbocycles. The minimum atomic E-state index is 0.219. The summed E-state index contributed by atoms with van der Waals surface area (Å²) in [6.07, 6.45) is 0. The van der Waals surface area contributed by atoms with E-state index in [0.29, 0.717) is 0 Å². The molecule has 0 aromatic heterocycles. The van der Waals surface area contributed by atoms with Crippen molar-refractivity contribution >= 4 is 43.5 Å². The van der Waals surface area contributed by atoms with Gasteiger partial charge in [-0.2, -0.15) is 0 Å².